The largest absolute Gasteiger partial charge is 0.495 e. The number of benzene rings is 2. The molecule has 0 heterocycles. The van der Waals surface area contributed by atoms with Crippen molar-refractivity contribution >= 4 is 23.3 Å². The second-order valence-corrected chi connectivity index (χ2v) is 5.56. The van der Waals surface area contributed by atoms with Crippen LogP contribution in [0.25, 0.3) is 0 Å². The Hall–Kier alpha value is -2.61. The third kappa shape index (κ3) is 4.72. The van der Waals surface area contributed by atoms with Crippen LogP contribution in [-0.2, 0) is 12.7 Å². The van der Waals surface area contributed by atoms with E-state index in [1.165, 1.54) is 44.6 Å². The molecule has 0 aliphatic heterocycles. The molecule has 9 heteroatoms. The molecule has 0 bridgehead atoms. The monoisotopic (exact) mass is 388 g/mol. The Labute approximate surface area is 153 Å². The van der Waals surface area contributed by atoms with Crippen LogP contribution >= 0.6 is 11.6 Å². The number of ether oxygens (including phenoxy) is 2. The summed E-state index contributed by atoms with van der Waals surface area (Å²) < 4.78 is 49.1. The van der Waals surface area contributed by atoms with Crippen molar-refractivity contribution < 1.29 is 27.4 Å². The molecule has 0 spiro atoms. The molecular weight excluding hydrogens is 373 g/mol. The van der Waals surface area contributed by atoms with Gasteiger partial charge in [0.25, 0.3) is 0 Å². The SMILES string of the molecule is COc1cc(OC)c(NC(=O)NCc2ccccc2C(F)(F)F)cc1Cl. The molecular formula is C17H16ClF3N2O3. The third-order valence-corrected chi connectivity index (χ3v) is 3.78. The van der Waals surface area contributed by atoms with E-state index in [-0.39, 0.29) is 28.6 Å². The minimum atomic E-state index is -4.50. The van der Waals surface area contributed by atoms with E-state index in [0.29, 0.717) is 5.75 Å². The van der Waals surface area contributed by atoms with E-state index >= 15 is 0 Å². The van der Waals surface area contributed by atoms with Gasteiger partial charge < -0.3 is 20.1 Å². The van der Waals surface area contributed by atoms with Gasteiger partial charge >= 0.3 is 12.2 Å². The summed E-state index contributed by atoms with van der Waals surface area (Å²) in [5.41, 5.74) is -0.597. The van der Waals surface area contributed by atoms with Crippen molar-refractivity contribution in [1.29, 1.82) is 0 Å². The predicted molar refractivity (Wildman–Crippen MR) is 91.9 cm³/mol. The highest BCUT2D eigenvalue weighted by molar-refractivity contribution is 6.32. The number of nitrogens with one attached hydrogen (secondary N) is 2. The third-order valence-electron chi connectivity index (χ3n) is 3.48. The Kier molecular flexibility index (Phi) is 6.20. The Morgan fingerprint density at radius 3 is 2.38 bits per heavy atom. The Balaban J connectivity index is 2.10. The molecule has 0 atom stereocenters. The van der Waals surface area contributed by atoms with Crippen molar-refractivity contribution in [2.24, 2.45) is 0 Å². The Morgan fingerprint density at radius 1 is 1.12 bits per heavy atom. The molecule has 0 aliphatic carbocycles. The van der Waals surface area contributed by atoms with E-state index < -0.39 is 17.8 Å². The summed E-state index contributed by atoms with van der Waals surface area (Å²) in [5, 5.41) is 5.11. The molecule has 0 fully saturated rings. The fraction of sp³-hybridized carbons (Fsp3) is 0.235. The number of rotatable bonds is 5. The summed E-state index contributed by atoms with van der Waals surface area (Å²) in [4.78, 5) is 12.0. The van der Waals surface area contributed by atoms with Crippen LogP contribution in [0, 0.1) is 0 Å². The fourth-order valence-electron chi connectivity index (χ4n) is 2.25. The number of alkyl halides is 3. The van der Waals surface area contributed by atoms with Crippen LogP contribution in [0.2, 0.25) is 5.02 Å². The first-order valence-electron chi connectivity index (χ1n) is 7.37. The van der Waals surface area contributed by atoms with Gasteiger partial charge in [0.2, 0.25) is 0 Å². The minimum Gasteiger partial charge on any atom is -0.495 e. The molecule has 0 radical (unpaired) electrons. The lowest BCUT2D eigenvalue weighted by Gasteiger charge is -2.15. The quantitative estimate of drug-likeness (QED) is 0.780. The van der Waals surface area contributed by atoms with Crippen LogP contribution in [0.1, 0.15) is 11.1 Å². The summed E-state index contributed by atoms with van der Waals surface area (Å²) in [7, 11) is 2.82. The molecule has 2 amide bonds. The standard InChI is InChI=1S/C17H16ClF3N2O3/c1-25-14-8-15(26-2)13(7-12(14)18)23-16(24)22-9-10-5-3-4-6-11(10)17(19,20)21/h3-8H,9H2,1-2H3,(H2,22,23,24). The summed E-state index contributed by atoms with van der Waals surface area (Å²) >= 11 is 6.01. The van der Waals surface area contributed by atoms with Crippen molar-refractivity contribution in [3.63, 3.8) is 0 Å². The summed E-state index contributed by atoms with van der Waals surface area (Å²) in [6.45, 7) is -0.298. The van der Waals surface area contributed by atoms with Crippen molar-refractivity contribution in [2.45, 2.75) is 12.7 Å². The molecule has 0 saturated carbocycles. The van der Waals surface area contributed by atoms with Gasteiger partial charge in [-0.25, -0.2) is 4.79 Å². The summed E-state index contributed by atoms with van der Waals surface area (Å²) in [5.74, 6) is 0.644. The Bertz CT molecular complexity index is 797. The topological polar surface area (TPSA) is 59.6 Å². The first-order chi connectivity index (χ1) is 12.3. The molecule has 0 aliphatic rings. The number of carbonyl (C=O) groups excluding carboxylic acids is 1. The van der Waals surface area contributed by atoms with Gasteiger partial charge in [0.1, 0.15) is 11.5 Å². The van der Waals surface area contributed by atoms with E-state index in [9.17, 15) is 18.0 Å². The van der Waals surface area contributed by atoms with Crippen LogP contribution in [0.5, 0.6) is 11.5 Å². The molecule has 0 unspecified atom stereocenters. The minimum absolute atomic E-state index is 0.0464. The van der Waals surface area contributed by atoms with Crippen molar-refractivity contribution in [1.82, 2.24) is 5.32 Å². The average Bonchev–Trinajstić information content (AvgIpc) is 2.59. The van der Waals surface area contributed by atoms with Gasteiger partial charge in [-0.2, -0.15) is 13.2 Å². The van der Waals surface area contributed by atoms with E-state index in [0.717, 1.165) is 6.07 Å². The molecule has 2 N–H and O–H groups in total. The number of halogens is 4. The van der Waals surface area contributed by atoms with E-state index in [1.54, 1.807) is 0 Å². The highest BCUT2D eigenvalue weighted by Crippen LogP contribution is 2.36. The molecule has 0 saturated heterocycles. The second-order valence-electron chi connectivity index (χ2n) is 5.15. The van der Waals surface area contributed by atoms with E-state index in [2.05, 4.69) is 10.6 Å². The number of urea groups is 1. The normalized spacial score (nSPS) is 11.0. The van der Waals surface area contributed by atoms with Crippen molar-refractivity contribution in [3.8, 4) is 11.5 Å². The zero-order valence-corrected chi connectivity index (χ0v) is 14.7. The van der Waals surface area contributed by atoms with Crippen molar-refractivity contribution in [2.75, 3.05) is 19.5 Å². The number of amides is 2. The van der Waals surface area contributed by atoms with Gasteiger partial charge in [-0.1, -0.05) is 29.8 Å². The van der Waals surface area contributed by atoms with Crippen LogP contribution in [-0.4, -0.2) is 20.3 Å². The van der Waals surface area contributed by atoms with Crippen LogP contribution < -0.4 is 20.1 Å². The molecule has 26 heavy (non-hydrogen) atoms. The molecule has 0 aromatic heterocycles. The summed E-state index contributed by atoms with van der Waals surface area (Å²) in [6.07, 6.45) is -4.50. The first-order valence-corrected chi connectivity index (χ1v) is 7.75. The van der Waals surface area contributed by atoms with Gasteiger partial charge in [0, 0.05) is 12.6 Å². The van der Waals surface area contributed by atoms with Gasteiger partial charge in [0.05, 0.1) is 30.5 Å². The number of methoxy groups -OCH3 is 2. The molecule has 2 aromatic carbocycles. The van der Waals surface area contributed by atoms with Crippen LogP contribution in [0.3, 0.4) is 0 Å². The number of hydrogen-bond acceptors (Lipinski definition) is 3. The van der Waals surface area contributed by atoms with Gasteiger partial charge in [-0.15, -0.1) is 0 Å². The maximum absolute atomic E-state index is 13.0. The maximum atomic E-state index is 13.0. The number of carbonyl (C=O) groups is 1. The molecule has 5 nitrogen and oxygen atoms in total. The lowest BCUT2D eigenvalue weighted by molar-refractivity contribution is -0.138. The van der Waals surface area contributed by atoms with E-state index in [4.69, 9.17) is 21.1 Å². The maximum Gasteiger partial charge on any atom is 0.416 e. The summed E-state index contributed by atoms with van der Waals surface area (Å²) in [6, 6.07) is 7.21. The van der Waals surface area contributed by atoms with Gasteiger partial charge in [-0.05, 0) is 17.7 Å². The number of anilines is 1. The lowest BCUT2D eigenvalue weighted by atomic mass is 10.1. The predicted octanol–water partition coefficient (Wildman–Crippen LogP) is 4.70. The highest BCUT2D eigenvalue weighted by Gasteiger charge is 2.32. The molecule has 140 valence electrons. The van der Waals surface area contributed by atoms with Gasteiger partial charge in [-0.3, -0.25) is 0 Å². The molecule has 2 rings (SSSR count). The highest BCUT2D eigenvalue weighted by atomic mass is 35.5. The molecule has 2 aromatic rings. The Morgan fingerprint density at radius 2 is 1.77 bits per heavy atom. The van der Waals surface area contributed by atoms with E-state index in [1.807, 2.05) is 0 Å². The lowest BCUT2D eigenvalue weighted by Crippen LogP contribution is -2.29. The van der Waals surface area contributed by atoms with Crippen LogP contribution in [0.15, 0.2) is 36.4 Å². The smallest absolute Gasteiger partial charge is 0.416 e. The fourth-order valence-corrected chi connectivity index (χ4v) is 2.49. The number of hydrogen-bond donors (Lipinski definition) is 2. The van der Waals surface area contributed by atoms with Crippen molar-refractivity contribution in [3.05, 3.63) is 52.5 Å². The van der Waals surface area contributed by atoms with Gasteiger partial charge in [0.15, 0.2) is 0 Å². The zero-order chi connectivity index (χ0) is 19.3. The zero-order valence-electron chi connectivity index (χ0n) is 13.9. The van der Waals surface area contributed by atoms with Crippen LogP contribution in [0.4, 0.5) is 23.7 Å². The average molecular weight is 389 g/mol. The first kappa shape index (κ1) is 19.7. The second kappa shape index (κ2) is 8.18.